The molecule has 0 fully saturated rings. The van der Waals surface area contributed by atoms with E-state index in [2.05, 4.69) is 11.9 Å². The number of thioether (sulfide) groups is 1. The largest absolute Gasteiger partial charge is 0.390 e. The molecule has 14 heavy (non-hydrogen) atoms. The number of aliphatic hydroxyl groups is 2. The maximum Gasteiger partial charge on any atom is 0.168 e. The predicted molar refractivity (Wildman–Crippen MR) is 56.1 cm³/mol. The molecule has 0 spiro atoms. The van der Waals surface area contributed by atoms with Crippen molar-refractivity contribution < 1.29 is 10.2 Å². The quantitative estimate of drug-likeness (QED) is 0.721. The zero-order chi connectivity index (χ0) is 10.6. The number of imidazole rings is 1. The van der Waals surface area contributed by atoms with Crippen molar-refractivity contribution in [3.8, 4) is 0 Å². The van der Waals surface area contributed by atoms with Gasteiger partial charge in [-0.15, -0.1) is 0 Å². The van der Waals surface area contributed by atoms with Gasteiger partial charge in [0.15, 0.2) is 5.16 Å². The Kier molecular flexibility index (Phi) is 4.44. The Labute approximate surface area is 88.0 Å². The summed E-state index contributed by atoms with van der Waals surface area (Å²) in [6.07, 6.45) is 2.93. The average Bonchev–Trinajstić information content (AvgIpc) is 2.56. The zero-order valence-electron chi connectivity index (χ0n) is 8.53. The molecule has 0 aromatic carbocycles. The normalized spacial score (nSPS) is 10.9. The minimum absolute atomic E-state index is 0.0660. The van der Waals surface area contributed by atoms with E-state index in [-0.39, 0.29) is 13.2 Å². The summed E-state index contributed by atoms with van der Waals surface area (Å²) < 4.78 is 1.97. The molecule has 2 N–H and O–H groups in total. The number of hydrogen-bond acceptors (Lipinski definition) is 4. The van der Waals surface area contributed by atoms with Crippen LogP contribution < -0.4 is 0 Å². The molecular weight excluding hydrogens is 200 g/mol. The first-order chi connectivity index (χ1) is 6.78. The highest BCUT2D eigenvalue weighted by Gasteiger charge is 2.14. The molecule has 0 unspecified atom stereocenters. The molecule has 0 bridgehead atoms. The smallest absolute Gasteiger partial charge is 0.168 e. The van der Waals surface area contributed by atoms with Crippen LogP contribution in [-0.4, -0.2) is 26.0 Å². The highest BCUT2D eigenvalue weighted by Crippen LogP contribution is 2.20. The van der Waals surface area contributed by atoms with Gasteiger partial charge in [0.05, 0.1) is 24.6 Å². The fourth-order valence-corrected chi connectivity index (χ4v) is 2.05. The molecule has 0 saturated carbocycles. The van der Waals surface area contributed by atoms with Gasteiger partial charge in [0.25, 0.3) is 0 Å². The van der Waals surface area contributed by atoms with Crippen LogP contribution in [0.5, 0.6) is 0 Å². The van der Waals surface area contributed by atoms with Crippen LogP contribution in [0.25, 0.3) is 0 Å². The molecule has 1 aromatic heterocycles. The van der Waals surface area contributed by atoms with Gasteiger partial charge in [-0.3, -0.25) is 0 Å². The first-order valence-electron chi connectivity index (χ1n) is 4.62. The summed E-state index contributed by atoms with van der Waals surface area (Å²) in [5.74, 6) is 0. The van der Waals surface area contributed by atoms with Crippen LogP contribution in [0.1, 0.15) is 24.7 Å². The average molecular weight is 216 g/mol. The predicted octanol–water partition coefficient (Wildman–Crippen LogP) is 1.000. The van der Waals surface area contributed by atoms with Crippen LogP contribution in [0.2, 0.25) is 0 Å². The van der Waals surface area contributed by atoms with E-state index in [9.17, 15) is 5.11 Å². The number of rotatable bonds is 5. The SMILES string of the molecule is CCCn1c(SC)nc(CO)c1CO. The Balaban J connectivity index is 3.11. The van der Waals surface area contributed by atoms with Crippen molar-refractivity contribution in [1.82, 2.24) is 9.55 Å². The summed E-state index contributed by atoms with van der Waals surface area (Å²) in [6, 6.07) is 0. The van der Waals surface area contributed by atoms with E-state index in [0.717, 1.165) is 23.8 Å². The summed E-state index contributed by atoms with van der Waals surface area (Å²) in [5.41, 5.74) is 1.32. The monoisotopic (exact) mass is 216 g/mol. The van der Waals surface area contributed by atoms with Crippen LogP contribution in [0.3, 0.4) is 0 Å². The molecule has 0 atom stereocenters. The van der Waals surface area contributed by atoms with E-state index < -0.39 is 0 Å². The summed E-state index contributed by atoms with van der Waals surface area (Å²) in [6.45, 7) is 2.73. The van der Waals surface area contributed by atoms with E-state index in [1.54, 1.807) is 0 Å². The number of nitrogens with zero attached hydrogens (tertiary/aromatic N) is 2. The Morgan fingerprint density at radius 2 is 2.07 bits per heavy atom. The van der Waals surface area contributed by atoms with E-state index in [1.165, 1.54) is 11.8 Å². The maximum atomic E-state index is 9.18. The lowest BCUT2D eigenvalue weighted by molar-refractivity contribution is 0.250. The third-order valence-electron chi connectivity index (χ3n) is 2.05. The van der Waals surface area contributed by atoms with E-state index in [4.69, 9.17) is 5.11 Å². The first-order valence-corrected chi connectivity index (χ1v) is 5.84. The van der Waals surface area contributed by atoms with Crippen molar-refractivity contribution >= 4 is 11.8 Å². The van der Waals surface area contributed by atoms with E-state index >= 15 is 0 Å². The zero-order valence-corrected chi connectivity index (χ0v) is 9.34. The van der Waals surface area contributed by atoms with Crippen molar-refractivity contribution in [2.45, 2.75) is 38.3 Å². The number of aliphatic hydroxyl groups excluding tert-OH is 2. The second kappa shape index (κ2) is 5.38. The molecule has 0 saturated heterocycles. The molecule has 0 amide bonds. The second-order valence-electron chi connectivity index (χ2n) is 2.96. The van der Waals surface area contributed by atoms with Crippen molar-refractivity contribution in [3.05, 3.63) is 11.4 Å². The lowest BCUT2D eigenvalue weighted by atomic mass is 10.3. The van der Waals surface area contributed by atoms with E-state index in [1.807, 2.05) is 10.8 Å². The fraction of sp³-hybridized carbons (Fsp3) is 0.667. The number of aromatic nitrogens is 2. The van der Waals surface area contributed by atoms with Crippen molar-refractivity contribution in [1.29, 1.82) is 0 Å². The Morgan fingerprint density at radius 3 is 2.50 bits per heavy atom. The summed E-state index contributed by atoms with van der Waals surface area (Å²) in [7, 11) is 0. The summed E-state index contributed by atoms with van der Waals surface area (Å²) >= 11 is 1.53. The molecule has 80 valence electrons. The van der Waals surface area contributed by atoms with Gasteiger partial charge in [-0.1, -0.05) is 18.7 Å². The lowest BCUT2D eigenvalue weighted by Crippen LogP contribution is -2.05. The standard InChI is InChI=1S/C9H16N2O2S/c1-3-4-11-8(6-13)7(5-12)10-9(11)14-2/h12-13H,3-6H2,1-2H3. The third-order valence-corrected chi connectivity index (χ3v) is 2.73. The maximum absolute atomic E-state index is 9.18. The van der Waals surface area contributed by atoms with Crippen molar-refractivity contribution in [2.24, 2.45) is 0 Å². The molecule has 0 aliphatic carbocycles. The highest BCUT2D eigenvalue weighted by atomic mass is 32.2. The molecule has 0 radical (unpaired) electrons. The summed E-state index contributed by atoms with van der Waals surface area (Å²) in [4.78, 5) is 4.25. The van der Waals surface area contributed by atoms with Crippen LogP contribution in [-0.2, 0) is 19.8 Å². The van der Waals surface area contributed by atoms with Gasteiger partial charge < -0.3 is 14.8 Å². The van der Waals surface area contributed by atoms with Gasteiger partial charge in [-0.25, -0.2) is 4.98 Å². The lowest BCUT2D eigenvalue weighted by Gasteiger charge is -2.07. The van der Waals surface area contributed by atoms with E-state index in [0.29, 0.717) is 5.69 Å². The molecule has 1 rings (SSSR count). The first kappa shape index (κ1) is 11.6. The van der Waals surface area contributed by atoms with Gasteiger partial charge in [-0.2, -0.15) is 0 Å². The van der Waals surface area contributed by atoms with Crippen molar-refractivity contribution in [2.75, 3.05) is 6.26 Å². The molecule has 1 heterocycles. The van der Waals surface area contributed by atoms with Gasteiger partial charge in [-0.05, 0) is 12.7 Å². The topological polar surface area (TPSA) is 58.3 Å². The molecular formula is C9H16N2O2S. The van der Waals surface area contributed by atoms with Gasteiger partial charge in [0, 0.05) is 6.54 Å². The van der Waals surface area contributed by atoms with Crippen LogP contribution in [0.15, 0.2) is 5.16 Å². The molecule has 4 nitrogen and oxygen atoms in total. The van der Waals surface area contributed by atoms with Gasteiger partial charge in [0.1, 0.15) is 0 Å². The Hall–Kier alpha value is -0.520. The Morgan fingerprint density at radius 1 is 1.36 bits per heavy atom. The molecule has 5 heteroatoms. The third kappa shape index (κ3) is 2.10. The van der Waals surface area contributed by atoms with Crippen LogP contribution in [0.4, 0.5) is 0 Å². The number of hydrogen-bond donors (Lipinski definition) is 2. The van der Waals surface area contributed by atoms with Gasteiger partial charge in [0.2, 0.25) is 0 Å². The molecule has 1 aromatic rings. The minimum atomic E-state index is -0.111. The minimum Gasteiger partial charge on any atom is -0.390 e. The highest BCUT2D eigenvalue weighted by molar-refractivity contribution is 7.98. The second-order valence-corrected chi connectivity index (χ2v) is 3.73. The molecule has 0 aliphatic rings. The fourth-order valence-electron chi connectivity index (χ4n) is 1.42. The van der Waals surface area contributed by atoms with Crippen LogP contribution >= 0.6 is 11.8 Å². The van der Waals surface area contributed by atoms with Crippen LogP contribution in [0, 0.1) is 0 Å². The summed E-state index contributed by atoms with van der Waals surface area (Å²) in [5, 5.41) is 19.1. The van der Waals surface area contributed by atoms with Gasteiger partial charge >= 0.3 is 0 Å². The van der Waals surface area contributed by atoms with Crippen molar-refractivity contribution in [3.63, 3.8) is 0 Å². The molecule has 0 aliphatic heterocycles. The Bertz CT molecular complexity index is 299.